The summed E-state index contributed by atoms with van der Waals surface area (Å²) in [7, 11) is 0. The first kappa shape index (κ1) is 19.0. The summed E-state index contributed by atoms with van der Waals surface area (Å²) in [5, 5.41) is 13.4. The van der Waals surface area contributed by atoms with E-state index in [0.29, 0.717) is 28.9 Å². The summed E-state index contributed by atoms with van der Waals surface area (Å²) in [5.41, 5.74) is 7.08. The molecular weight excluding hydrogens is 384 g/mol. The quantitative estimate of drug-likeness (QED) is 0.511. The fraction of sp³-hybridized carbons (Fsp3) is 0.0909. The average Bonchev–Trinajstić information content (AvgIpc) is 3.13. The number of nitriles is 1. The Hall–Kier alpha value is -4.38. The number of anilines is 1. The summed E-state index contributed by atoms with van der Waals surface area (Å²) < 4.78 is 12.0. The second-order valence-corrected chi connectivity index (χ2v) is 6.56. The Morgan fingerprint density at radius 2 is 2.00 bits per heavy atom. The maximum absolute atomic E-state index is 12.6. The number of nitrogens with zero attached hydrogens (tertiary/aromatic N) is 3. The Labute approximate surface area is 170 Å². The van der Waals surface area contributed by atoms with Gasteiger partial charge in [-0.1, -0.05) is 30.3 Å². The largest absolute Gasteiger partial charge is 0.489 e. The van der Waals surface area contributed by atoms with Crippen LogP contribution in [0.4, 0.5) is 5.82 Å². The zero-order valence-electron chi connectivity index (χ0n) is 15.7. The van der Waals surface area contributed by atoms with Gasteiger partial charge < -0.3 is 14.9 Å². The van der Waals surface area contributed by atoms with E-state index < -0.39 is 11.5 Å². The Morgan fingerprint density at radius 3 is 2.73 bits per heavy atom. The fourth-order valence-corrected chi connectivity index (χ4v) is 3.07. The minimum absolute atomic E-state index is 0.0358. The summed E-state index contributed by atoms with van der Waals surface area (Å²) in [6, 6.07) is 17.9. The number of carbonyl (C=O) groups excluding carboxylic acids is 1. The first-order valence-electron chi connectivity index (χ1n) is 9.05. The Morgan fingerprint density at radius 1 is 1.20 bits per heavy atom. The summed E-state index contributed by atoms with van der Waals surface area (Å²) in [6.07, 6.45) is 1.09. The van der Waals surface area contributed by atoms with Gasteiger partial charge in [-0.25, -0.2) is 4.79 Å². The highest BCUT2D eigenvalue weighted by Gasteiger charge is 2.17. The SMILES string of the molecule is N#Cc1cnn(C(=O)Cc2cc(=O)oc3cc(OCc4ccccc4)ccc23)c1N. The van der Waals surface area contributed by atoms with E-state index in [0.717, 1.165) is 10.2 Å². The molecule has 0 aliphatic rings. The third kappa shape index (κ3) is 3.77. The molecule has 8 nitrogen and oxygen atoms in total. The van der Waals surface area contributed by atoms with Gasteiger partial charge in [-0.3, -0.25) is 4.79 Å². The molecule has 2 aromatic carbocycles. The molecule has 0 radical (unpaired) electrons. The van der Waals surface area contributed by atoms with Crippen LogP contribution in [-0.2, 0) is 13.0 Å². The molecule has 30 heavy (non-hydrogen) atoms. The molecule has 2 aromatic heterocycles. The maximum Gasteiger partial charge on any atom is 0.336 e. The lowest BCUT2D eigenvalue weighted by Crippen LogP contribution is -2.18. The molecule has 0 spiro atoms. The highest BCUT2D eigenvalue weighted by molar-refractivity contribution is 5.90. The molecule has 4 aromatic rings. The molecule has 0 bridgehead atoms. The lowest BCUT2D eigenvalue weighted by molar-refractivity contribution is 0.0902. The molecule has 0 amide bonds. The smallest absolute Gasteiger partial charge is 0.336 e. The van der Waals surface area contributed by atoms with Crippen molar-refractivity contribution in [1.29, 1.82) is 5.26 Å². The zero-order valence-corrected chi connectivity index (χ0v) is 15.7. The topological polar surface area (TPSA) is 124 Å². The summed E-state index contributed by atoms with van der Waals surface area (Å²) >= 11 is 0. The molecule has 0 fully saturated rings. The number of fused-ring (bicyclic) bond motifs is 1. The molecule has 2 heterocycles. The fourth-order valence-electron chi connectivity index (χ4n) is 3.07. The van der Waals surface area contributed by atoms with E-state index in [1.54, 1.807) is 18.2 Å². The second kappa shape index (κ2) is 7.93. The van der Waals surface area contributed by atoms with Crippen LogP contribution in [0.25, 0.3) is 11.0 Å². The minimum Gasteiger partial charge on any atom is -0.489 e. The number of hydrogen-bond donors (Lipinski definition) is 1. The highest BCUT2D eigenvalue weighted by atomic mass is 16.5. The maximum atomic E-state index is 12.6. The molecule has 0 aliphatic carbocycles. The minimum atomic E-state index is -0.586. The Balaban J connectivity index is 1.61. The molecule has 0 atom stereocenters. The van der Waals surface area contributed by atoms with Crippen LogP contribution in [0.15, 0.2) is 70.0 Å². The summed E-state index contributed by atoms with van der Waals surface area (Å²) in [5.74, 6) is 0.0321. The van der Waals surface area contributed by atoms with Gasteiger partial charge in [-0.05, 0) is 23.3 Å². The van der Waals surface area contributed by atoms with Gasteiger partial charge in [0.15, 0.2) is 0 Å². The van der Waals surface area contributed by atoms with Gasteiger partial charge in [-0.15, -0.1) is 0 Å². The number of ether oxygens (including phenoxy) is 1. The van der Waals surface area contributed by atoms with E-state index in [4.69, 9.17) is 20.1 Å². The van der Waals surface area contributed by atoms with Crippen LogP contribution >= 0.6 is 0 Å². The predicted molar refractivity (Wildman–Crippen MR) is 109 cm³/mol. The molecule has 4 rings (SSSR count). The van der Waals surface area contributed by atoms with Gasteiger partial charge in [-0.2, -0.15) is 15.0 Å². The van der Waals surface area contributed by atoms with Gasteiger partial charge in [0.2, 0.25) is 0 Å². The monoisotopic (exact) mass is 400 g/mol. The van der Waals surface area contributed by atoms with Crippen molar-refractivity contribution in [2.75, 3.05) is 5.73 Å². The number of aromatic nitrogens is 2. The molecule has 0 saturated carbocycles. The molecule has 148 valence electrons. The Bertz CT molecular complexity index is 1330. The molecule has 0 saturated heterocycles. The van der Waals surface area contributed by atoms with Crippen LogP contribution < -0.4 is 16.1 Å². The van der Waals surface area contributed by atoms with Crippen LogP contribution in [0.1, 0.15) is 21.5 Å². The molecular formula is C22H16N4O4. The van der Waals surface area contributed by atoms with Crippen molar-refractivity contribution in [3.05, 3.63) is 87.9 Å². The van der Waals surface area contributed by atoms with Gasteiger partial charge in [0.25, 0.3) is 5.91 Å². The predicted octanol–water partition coefficient (Wildman–Crippen LogP) is 2.91. The lowest BCUT2D eigenvalue weighted by atomic mass is 10.1. The number of nitrogen functional groups attached to an aromatic ring is 1. The Kier molecular flexibility index (Phi) is 5.01. The number of benzene rings is 2. The second-order valence-electron chi connectivity index (χ2n) is 6.56. The number of carbonyl (C=O) groups is 1. The van der Waals surface area contributed by atoms with Crippen LogP contribution in [0.2, 0.25) is 0 Å². The first-order valence-corrected chi connectivity index (χ1v) is 9.05. The standard InChI is InChI=1S/C22H16N4O4/c23-11-16-12-25-26(22(16)24)20(27)8-15-9-21(28)30-19-10-17(6-7-18(15)19)29-13-14-4-2-1-3-5-14/h1-7,9-10,12H,8,13,24H2. The molecule has 0 unspecified atom stereocenters. The van der Waals surface area contributed by atoms with Gasteiger partial charge >= 0.3 is 5.63 Å². The van der Waals surface area contributed by atoms with Crippen molar-refractivity contribution in [3.8, 4) is 11.8 Å². The highest BCUT2D eigenvalue weighted by Crippen LogP contribution is 2.24. The van der Waals surface area contributed by atoms with Crippen LogP contribution in [0.3, 0.4) is 0 Å². The number of nitrogens with two attached hydrogens (primary N) is 1. The molecule has 8 heteroatoms. The van der Waals surface area contributed by atoms with E-state index in [9.17, 15) is 9.59 Å². The molecule has 2 N–H and O–H groups in total. The summed E-state index contributed by atoms with van der Waals surface area (Å²) in [4.78, 5) is 24.6. The number of hydrogen-bond acceptors (Lipinski definition) is 7. The van der Waals surface area contributed by atoms with Gasteiger partial charge in [0, 0.05) is 17.5 Å². The zero-order chi connectivity index (χ0) is 21.1. The van der Waals surface area contributed by atoms with E-state index >= 15 is 0 Å². The van der Waals surface area contributed by atoms with E-state index in [-0.39, 0.29) is 17.8 Å². The van der Waals surface area contributed by atoms with Crippen molar-refractivity contribution < 1.29 is 13.9 Å². The van der Waals surface area contributed by atoms with Crippen molar-refractivity contribution in [1.82, 2.24) is 9.78 Å². The summed E-state index contributed by atoms with van der Waals surface area (Å²) in [6.45, 7) is 0.370. The van der Waals surface area contributed by atoms with Crippen molar-refractivity contribution in [2.45, 2.75) is 13.0 Å². The third-order valence-electron chi connectivity index (χ3n) is 4.55. The normalized spacial score (nSPS) is 10.6. The van der Waals surface area contributed by atoms with Gasteiger partial charge in [0.05, 0.1) is 12.6 Å². The average molecular weight is 400 g/mol. The van der Waals surface area contributed by atoms with E-state index in [1.165, 1.54) is 12.3 Å². The van der Waals surface area contributed by atoms with Crippen LogP contribution in [-0.4, -0.2) is 15.7 Å². The van der Waals surface area contributed by atoms with Crippen LogP contribution in [0.5, 0.6) is 5.75 Å². The number of rotatable bonds is 5. The van der Waals surface area contributed by atoms with Crippen molar-refractivity contribution in [2.24, 2.45) is 0 Å². The van der Waals surface area contributed by atoms with Gasteiger partial charge in [0.1, 0.15) is 35.4 Å². The molecule has 0 aliphatic heterocycles. The van der Waals surface area contributed by atoms with Crippen molar-refractivity contribution in [3.63, 3.8) is 0 Å². The first-order chi connectivity index (χ1) is 14.5. The van der Waals surface area contributed by atoms with E-state index in [1.807, 2.05) is 36.4 Å². The third-order valence-corrected chi connectivity index (χ3v) is 4.55. The lowest BCUT2D eigenvalue weighted by Gasteiger charge is -2.09. The van der Waals surface area contributed by atoms with Crippen LogP contribution in [0, 0.1) is 11.3 Å². The van der Waals surface area contributed by atoms with E-state index in [2.05, 4.69) is 5.10 Å². The van der Waals surface area contributed by atoms with Crippen molar-refractivity contribution >= 4 is 22.7 Å².